The third-order valence-electron chi connectivity index (χ3n) is 2.56. The zero-order valence-electron chi connectivity index (χ0n) is 10.5. The smallest absolute Gasteiger partial charge is 0.255 e. The third kappa shape index (κ3) is 2.92. The molecule has 0 atom stereocenters. The largest absolute Gasteiger partial charge is 0.490 e. The van der Waals surface area contributed by atoms with Gasteiger partial charge in [0.15, 0.2) is 11.5 Å². The van der Waals surface area contributed by atoms with Crippen molar-refractivity contribution in [3.05, 3.63) is 18.2 Å². The maximum atomic E-state index is 11.6. The number of aliphatic hydroxyl groups is 1. The molecular formula is C13H17NO4. The number of rotatable bonds is 2. The van der Waals surface area contributed by atoms with Crippen LogP contribution in [0.5, 0.6) is 11.5 Å². The van der Waals surface area contributed by atoms with Gasteiger partial charge < -0.3 is 19.9 Å². The number of amides is 1. The van der Waals surface area contributed by atoms with Crippen molar-refractivity contribution < 1.29 is 19.4 Å². The second-order valence-electron chi connectivity index (χ2n) is 4.73. The summed E-state index contributed by atoms with van der Waals surface area (Å²) in [6, 6.07) is 5.17. The van der Waals surface area contributed by atoms with Crippen molar-refractivity contribution in [2.24, 2.45) is 0 Å². The molecule has 2 rings (SSSR count). The van der Waals surface area contributed by atoms with Crippen molar-refractivity contribution in [2.75, 3.05) is 18.5 Å². The Morgan fingerprint density at radius 1 is 1.28 bits per heavy atom. The van der Waals surface area contributed by atoms with Gasteiger partial charge in [-0.3, -0.25) is 4.79 Å². The average molecular weight is 251 g/mol. The molecule has 0 saturated carbocycles. The fourth-order valence-corrected chi connectivity index (χ4v) is 1.53. The standard InChI is InChI=1S/C13H17NO4/c1-13(2,16)12(15)14-9-4-5-10-11(8-9)18-7-3-6-17-10/h4-5,8,16H,3,6-7H2,1-2H3,(H,14,15). The van der Waals surface area contributed by atoms with Gasteiger partial charge in [0.05, 0.1) is 13.2 Å². The normalized spacial score (nSPS) is 14.8. The molecule has 0 spiro atoms. The SMILES string of the molecule is CC(C)(O)C(=O)Nc1ccc2c(c1)OCCCO2. The first-order chi connectivity index (χ1) is 8.47. The Kier molecular flexibility index (Phi) is 3.43. The molecule has 2 N–H and O–H groups in total. The van der Waals surface area contributed by atoms with E-state index in [-0.39, 0.29) is 0 Å². The number of fused-ring (bicyclic) bond motifs is 1. The van der Waals surface area contributed by atoms with E-state index in [1.54, 1.807) is 18.2 Å². The number of carbonyl (C=O) groups is 1. The van der Waals surface area contributed by atoms with Gasteiger partial charge in [0.1, 0.15) is 5.60 Å². The molecule has 0 unspecified atom stereocenters. The van der Waals surface area contributed by atoms with Gasteiger partial charge in [-0.05, 0) is 26.0 Å². The zero-order chi connectivity index (χ0) is 13.2. The minimum absolute atomic E-state index is 0.461. The van der Waals surface area contributed by atoms with Gasteiger partial charge in [-0.1, -0.05) is 0 Å². The van der Waals surface area contributed by atoms with Gasteiger partial charge in [0, 0.05) is 18.2 Å². The van der Waals surface area contributed by atoms with Crippen LogP contribution in [-0.2, 0) is 4.79 Å². The minimum Gasteiger partial charge on any atom is -0.490 e. The lowest BCUT2D eigenvalue weighted by molar-refractivity contribution is -0.130. The summed E-state index contributed by atoms with van der Waals surface area (Å²) >= 11 is 0. The van der Waals surface area contributed by atoms with E-state index in [9.17, 15) is 9.90 Å². The lowest BCUT2D eigenvalue weighted by Gasteiger charge is -2.17. The van der Waals surface area contributed by atoms with Crippen LogP contribution < -0.4 is 14.8 Å². The van der Waals surface area contributed by atoms with Crippen molar-refractivity contribution >= 4 is 11.6 Å². The average Bonchev–Trinajstić information content (AvgIpc) is 2.52. The molecule has 0 radical (unpaired) electrons. The predicted octanol–water partition coefficient (Wildman–Crippen LogP) is 1.56. The topological polar surface area (TPSA) is 67.8 Å². The molecule has 1 aliphatic heterocycles. The molecule has 0 aliphatic carbocycles. The van der Waals surface area contributed by atoms with Crippen LogP contribution in [0.4, 0.5) is 5.69 Å². The second kappa shape index (κ2) is 4.86. The highest BCUT2D eigenvalue weighted by molar-refractivity contribution is 5.96. The van der Waals surface area contributed by atoms with Crippen molar-refractivity contribution in [3.63, 3.8) is 0 Å². The summed E-state index contributed by atoms with van der Waals surface area (Å²) in [5.41, 5.74) is -0.837. The Morgan fingerprint density at radius 3 is 2.61 bits per heavy atom. The Bertz CT molecular complexity index is 451. The number of benzene rings is 1. The van der Waals surface area contributed by atoms with Crippen molar-refractivity contribution in [1.29, 1.82) is 0 Å². The molecule has 1 amide bonds. The van der Waals surface area contributed by atoms with E-state index < -0.39 is 11.5 Å². The first-order valence-corrected chi connectivity index (χ1v) is 5.90. The van der Waals surface area contributed by atoms with Crippen molar-refractivity contribution in [2.45, 2.75) is 25.9 Å². The minimum atomic E-state index is -1.41. The van der Waals surface area contributed by atoms with Gasteiger partial charge >= 0.3 is 0 Å². The highest BCUT2D eigenvalue weighted by atomic mass is 16.5. The van der Waals surface area contributed by atoms with E-state index in [0.717, 1.165) is 6.42 Å². The van der Waals surface area contributed by atoms with E-state index in [4.69, 9.17) is 9.47 Å². The summed E-state index contributed by atoms with van der Waals surface area (Å²) in [4.78, 5) is 11.6. The van der Waals surface area contributed by atoms with Crippen molar-refractivity contribution in [1.82, 2.24) is 0 Å². The van der Waals surface area contributed by atoms with E-state index >= 15 is 0 Å². The van der Waals surface area contributed by atoms with Crippen LogP contribution in [0.25, 0.3) is 0 Å². The highest BCUT2D eigenvalue weighted by Crippen LogP contribution is 2.32. The molecule has 0 fully saturated rings. The molecule has 0 bridgehead atoms. The van der Waals surface area contributed by atoms with Gasteiger partial charge in [-0.2, -0.15) is 0 Å². The summed E-state index contributed by atoms with van der Waals surface area (Å²) in [7, 11) is 0. The highest BCUT2D eigenvalue weighted by Gasteiger charge is 2.24. The van der Waals surface area contributed by atoms with E-state index in [0.29, 0.717) is 30.4 Å². The number of hydrogen-bond acceptors (Lipinski definition) is 4. The molecule has 0 aromatic heterocycles. The number of hydrogen-bond donors (Lipinski definition) is 2. The quantitative estimate of drug-likeness (QED) is 0.837. The van der Waals surface area contributed by atoms with E-state index in [1.807, 2.05) is 0 Å². The van der Waals surface area contributed by atoms with Crippen LogP contribution in [0.1, 0.15) is 20.3 Å². The molecular weight excluding hydrogens is 234 g/mol. The Hall–Kier alpha value is -1.75. The first kappa shape index (κ1) is 12.7. The van der Waals surface area contributed by atoms with Crippen molar-refractivity contribution in [3.8, 4) is 11.5 Å². The molecule has 5 nitrogen and oxygen atoms in total. The fraction of sp³-hybridized carbons (Fsp3) is 0.462. The Morgan fingerprint density at radius 2 is 1.94 bits per heavy atom. The molecule has 18 heavy (non-hydrogen) atoms. The monoisotopic (exact) mass is 251 g/mol. The lowest BCUT2D eigenvalue weighted by Crippen LogP contribution is -2.36. The van der Waals surface area contributed by atoms with E-state index in [2.05, 4.69) is 5.32 Å². The molecule has 1 aliphatic rings. The molecule has 1 heterocycles. The van der Waals surface area contributed by atoms with Gasteiger partial charge in [-0.25, -0.2) is 0 Å². The lowest BCUT2D eigenvalue weighted by atomic mass is 10.1. The third-order valence-corrected chi connectivity index (χ3v) is 2.56. The molecule has 5 heteroatoms. The van der Waals surface area contributed by atoms with Crippen LogP contribution in [0.2, 0.25) is 0 Å². The van der Waals surface area contributed by atoms with Gasteiger partial charge in [0.2, 0.25) is 0 Å². The summed E-state index contributed by atoms with van der Waals surface area (Å²) in [5.74, 6) is 0.826. The number of anilines is 1. The molecule has 98 valence electrons. The first-order valence-electron chi connectivity index (χ1n) is 5.90. The summed E-state index contributed by atoms with van der Waals surface area (Å²) in [5, 5.41) is 12.2. The molecule has 1 aromatic carbocycles. The van der Waals surface area contributed by atoms with Gasteiger partial charge in [0.25, 0.3) is 5.91 Å². The number of ether oxygens (including phenoxy) is 2. The van der Waals surface area contributed by atoms with Crippen LogP contribution in [0, 0.1) is 0 Å². The Balaban J connectivity index is 2.16. The maximum absolute atomic E-state index is 11.6. The van der Waals surface area contributed by atoms with Crippen LogP contribution in [-0.4, -0.2) is 29.8 Å². The van der Waals surface area contributed by atoms with Crippen LogP contribution in [0.15, 0.2) is 18.2 Å². The maximum Gasteiger partial charge on any atom is 0.255 e. The summed E-state index contributed by atoms with van der Waals surface area (Å²) in [6.45, 7) is 4.09. The van der Waals surface area contributed by atoms with Crippen LogP contribution >= 0.6 is 0 Å². The number of carbonyl (C=O) groups excluding carboxylic acids is 1. The predicted molar refractivity (Wildman–Crippen MR) is 67.0 cm³/mol. The zero-order valence-corrected chi connectivity index (χ0v) is 10.5. The van der Waals surface area contributed by atoms with E-state index in [1.165, 1.54) is 13.8 Å². The summed E-state index contributed by atoms with van der Waals surface area (Å²) in [6.07, 6.45) is 0.833. The molecule has 0 saturated heterocycles. The van der Waals surface area contributed by atoms with Crippen LogP contribution in [0.3, 0.4) is 0 Å². The second-order valence-corrected chi connectivity index (χ2v) is 4.73. The Labute approximate surface area is 106 Å². The summed E-state index contributed by atoms with van der Waals surface area (Å²) < 4.78 is 11.0. The fourth-order valence-electron chi connectivity index (χ4n) is 1.53. The number of nitrogens with one attached hydrogen (secondary N) is 1. The molecule has 1 aromatic rings. The van der Waals surface area contributed by atoms with Gasteiger partial charge in [-0.15, -0.1) is 0 Å².